The van der Waals surface area contributed by atoms with Gasteiger partial charge in [-0.25, -0.2) is 0 Å². The monoisotopic (exact) mass is 362 g/mol. The van der Waals surface area contributed by atoms with Crippen LogP contribution >= 0.6 is 23.2 Å². The van der Waals surface area contributed by atoms with E-state index in [4.69, 9.17) is 23.2 Å². The number of piperazine rings is 1. The highest BCUT2D eigenvalue weighted by Crippen LogP contribution is 2.37. The minimum Gasteiger partial charge on any atom is -0.301 e. The Bertz CT molecular complexity index is 621. The van der Waals surface area contributed by atoms with Crippen molar-refractivity contribution >= 4 is 23.2 Å². The second kappa shape index (κ2) is 8.35. The Labute approximate surface area is 155 Å². The Kier molecular flexibility index (Phi) is 6.18. The Balaban J connectivity index is 1.92. The van der Waals surface area contributed by atoms with Crippen molar-refractivity contribution in [3.8, 4) is 0 Å². The van der Waals surface area contributed by atoms with Gasteiger partial charge in [-0.1, -0.05) is 66.5 Å². The lowest BCUT2D eigenvalue weighted by atomic mass is 9.96. The molecule has 2 aromatic carbocycles. The number of benzene rings is 2. The predicted octanol–water partition coefficient (Wildman–Crippen LogP) is 5.11. The van der Waals surface area contributed by atoms with E-state index in [1.54, 1.807) is 0 Å². The molecule has 1 heterocycles. The first-order chi connectivity index (χ1) is 11.7. The largest absolute Gasteiger partial charge is 0.301 e. The van der Waals surface area contributed by atoms with E-state index >= 15 is 0 Å². The quantitative estimate of drug-likeness (QED) is 0.728. The normalized spacial score (nSPS) is 16.7. The van der Waals surface area contributed by atoms with Crippen molar-refractivity contribution in [3.63, 3.8) is 0 Å². The summed E-state index contributed by atoms with van der Waals surface area (Å²) in [5, 5.41) is 1.61. The first-order valence-electron chi connectivity index (χ1n) is 8.66. The van der Waals surface area contributed by atoms with Gasteiger partial charge in [-0.3, -0.25) is 4.90 Å². The molecule has 0 spiro atoms. The zero-order chi connectivity index (χ0) is 16.9. The van der Waals surface area contributed by atoms with Crippen molar-refractivity contribution in [2.45, 2.75) is 19.4 Å². The molecule has 4 heteroatoms. The molecule has 0 bridgehead atoms. The van der Waals surface area contributed by atoms with E-state index in [0.29, 0.717) is 0 Å². The van der Waals surface area contributed by atoms with Gasteiger partial charge >= 0.3 is 0 Å². The van der Waals surface area contributed by atoms with Crippen LogP contribution in [0.5, 0.6) is 0 Å². The van der Waals surface area contributed by atoms with Crippen LogP contribution in [-0.2, 0) is 0 Å². The molecule has 1 aliphatic rings. The standard InChI is InChI=1S/C20H24Cl2N2/c1-2-11-23-12-14-24(15-13-23)20(16-7-3-5-9-18(16)21)17-8-4-6-10-19(17)22/h3-10,20H,2,11-15H2,1H3. The van der Waals surface area contributed by atoms with Crippen LogP contribution in [0.25, 0.3) is 0 Å². The fourth-order valence-corrected chi connectivity index (χ4v) is 3.99. The van der Waals surface area contributed by atoms with Crippen LogP contribution in [-0.4, -0.2) is 42.5 Å². The number of nitrogens with zero attached hydrogens (tertiary/aromatic N) is 2. The summed E-state index contributed by atoms with van der Waals surface area (Å²) in [5.41, 5.74) is 2.27. The highest BCUT2D eigenvalue weighted by Gasteiger charge is 2.28. The van der Waals surface area contributed by atoms with Gasteiger partial charge in [0.05, 0.1) is 6.04 Å². The summed E-state index contributed by atoms with van der Waals surface area (Å²) in [5.74, 6) is 0. The third kappa shape index (κ3) is 3.94. The topological polar surface area (TPSA) is 6.48 Å². The van der Waals surface area contributed by atoms with Crippen molar-refractivity contribution in [2.24, 2.45) is 0 Å². The van der Waals surface area contributed by atoms with Gasteiger partial charge in [-0.15, -0.1) is 0 Å². The maximum absolute atomic E-state index is 6.54. The van der Waals surface area contributed by atoms with Crippen LogP contribution in [0, 0.1) is 0 Å². The van der Waals surface area contributed by atoms with E-state index in [1.807, 2.05) is 24.3 Å². The summed E-state index contributed by atoms with van der Waals surface area (Å²) < 4.78 is 0. The summed E-state index contributed by atoms with van der Waals surface area (Å²) >= 11 is 13.1. The number of halogens is 2. The molecular formula is C20H24Cl2N2. The molecule has 0 amide bonds. The molecule has 1 fully saturated rings. The maximum Gasteiger partial charge on any atom is 0.0632 e. The number of hydrogen-bond acceptors (Lipinski definition) is 2. The van der Waals surface area contributed by atoms with Gasteiger partial charge in [-0.2, -0.15) is 0 Å². The zero-order valence-corrected chi connectivity index (χ0v) is 15.6. The van der Waals surface area contributed by atoms with Crippen LogP contribution in [0.1, 0.15) is 30.5 Å². The average Bonchev–Trinajstić information content (AvgIpc) is 2.60. The average molecular weight is 363 g/mol. The van der Waals surface area contributed by atoms with Crippen molar-refractivity contribution in [3.05, 3.63) is 69.7 Å². The highest BCUT2D eigenvalue weighted by atomic mass is 35.5. The van der Waals surface area contributed by atoms with E-state index in [-0.39, 0.29) is 6.04 Å². The molecule has 0 aliphatic carbocycles. The van der Waals surface area contributed by atoms with Crippen LogP contribution in [0.4, 0.5) is 0 Å². The Morgan fingerprint density at radius 2 is 1.33 bits per heavy atom. The third-order valence-electron chi connectivity index (χ3n) is 4.71. The lowest BCUT2D eigenvalue weighted by molar-refractivity contribution is 0.109. The molecular weight excluding hydrogens is 339 g/mol. The number of hydrogen-bond donors (Lipinski definition) is 0. The second-order valence-electron chi connectivity index (χ2n) is 6.32. The van der Waals surface area contributed by atoms with Crippen molar-refractivity contribution < 1.29 is 0 Å². The van der Waals surface area contributed by atoms with E-state index in [9.17, 15) is 0 Å². The van der Waals surface area contributed by atoms with Gasteiger partial charge in [0.15, 0.2) is 0 Å². The third-order valence-corrected chi connectivity index (χ3v) is 5.40. The molecule has 128 valence electrons. The highest BCUT2D eigenvalue weighted by molar-refractivity contribution is 6.32. The first-order valence-corrected chi connectivity index (χ1v) is 9.41. The number of rotatable bonds is 5. The molecule has 0 saturated carbocycles. The van der Waals surface area contributed by atoms with E-state index in [0.717, 1.165) is 47.4 Å². The van der Waals surface area contributed by atoms with Gasteiger partial charge in [0, 0.05) is 36.2 Å². The van der Waals surface area contributed by atoms with Crippen LogP contribution in [0.2, 0.25) is 10.0 Å². The van der Waals surface area contributed by atoms with E-state index in [2.05, 4.69) is 41.0 Å². The Morgan fingerprint density at radius 1 is 0.833 bits per heavy atom. The lowest BCUT2D eigenvalue weighted by Crippen LogP contribution is -2.48. The summed E-state index contributed by atoms with van der Waals surface area (Å²) in [6.07, 6.45) is 1.21. The molecule has 0 aromatic heterocycles. The van der Waals surface area contributed by atoms with Gasteiger partial charge < -0.3 is 4.90 Å². The molecule has 24 heavy (non-hydrogen) atoms. The molecule has 1 aliphatic heterocycles. The molecule has 2 nitrogen and oxygen atoms in total. The summed E-state index contributed by atoms with van der Waals surface area (Å²) in [6, 6.07) is 16.3. The summed E-state index contributed by atoms with van der Waals surface area (Å²) in [4.78, 5) is 5.04. The predicted molar refractivity (Wildman–Crippen MR) is 103 cm³/mol. The van der Waals surface area contributed by atoms with Gasteiger partial charge in [0.2, 0.25) is 0 Å². The summed E-state index contributed by atoms with van der Waals surface area (Å²) in [7, 11) is 0. The Hall–Kier alpha value is -1.06. The molecule has 3 rings (SSSR count). The van der Waals surface area contributed by atoms with Crippen molar-refractivity contribution in [1.82, 2.24) is 9.80 Å². The van der Waals surface area contributed by atoms with Gasteiger partial charge in [0.1, 0.15) is 0 Å². The zero-order valence-electron chi connectivity index (χ0n) is 14.1. The first kappa shape index (κ1) is 17.8. The van der Waals surface area contributed by atoms with Gasteiger partial charge in [-0.05, 0) is 36.2 Å². The second-order valence-corrected chi connectivity index (χ2v) is 7.14. The minimum absolute atomic E-state index is 0.108. The SMILES string of the molecule is CCCN1CCN(C(c2ccccc2Cl)c2ccccc2Cl)CC1. The van der Waals surface area contributed by atoms with Gasteiger partial charge in [0.25, 0.3) is 0 Å². The molecule has 0 unspecified atom stereocenters. The van der Waals surface area contributed by atoms with E-state index < -0.39 is 0 Å². The van der Waals surface area contributed by atoms with Crippen molar-refractivity contribution in [2.75, 3.05) is 32.7 Å². The molecule has 0 atom stereocenters. The maximum atomic E-state index is 6.54. The van der Waals surface area contributed by atoms with Crippen molar-refractivity contribution in [1.29, 1.82) is 0 Å². The lowest BCUT2D eigenvalue weighted by Gasteiger charge is -2.40. The smallest absolute Gasteiger partial charge is 0.0632 e. The van der Waals surface area contributed by atoms with Crippen LogP contribution < -0.4 is 0 Å². The fourth-order valence-electron chi connectivity index (χ4n) is 3.52. The minimum atomic E-state index is 0.108. The molecule has 2 aromatic rings. The molecule has 0 radical (unpaired) electrons. The molecule has 1 saturated heterocycles. The molecule has 0 N–H and O–H groups in total. The van der Waals surface area contributed by atoms with E-state index in [1.165, 1.54) is 13.0 Å². The van der Waals surface area contributed by atoms with Crippen LogP contribution in [0.15, 0.2) is 48.5 Å². The Morgan fingerprint density at radius 3 is 1.79 bits per heavy atom. The fraction of sp³-hybridized carbons (Fsp3) is 0.400. The van der Waals surface area contributed by atoms with Crippen LogP contribution in [0.3, 0.4) is 0 Å². The summed E-state index contributed by atoms with van der Waals surface area (Å²) in [6.45, 7) is 7.67.